The third-order valence-electron chi connectivity index (χ3n) is 5.56. The fourth-order valence-electron chi connectivity index (χ4n) is 3.93. The number of allylic oxidation sites excluding steroid dienone is 1. The summed E-state index contributed by atoms with van der Waals surface area (Å²) in [4.78, 5) is 38.7. The van der Waals surface area contributed by atoms with Crippen LogP contribution in [0.4, 0.5) is 0 Å². The molecule has 0 bridgehead atoms. The first-order chi connectivity index (χ1) is 15.5. The van der Waals surface area contributed by atoms with Gasteiger partial charge in [0.15, 0.2) is 0 Å². The Labute approximate surface area is 184 Å². The molecule has 0 radical (unpaired) electrons. The van der Waals surface area contributed by atoms with E-state index in [1.807, 2.05) is 54.2 Å². The van der Waals surface area contributed by atoms with Crippen LogP contribution in [0.2, 0.25) is 0 Å². The topological polar surface area (TPSA) is 75.2 Å². The second kappa shape index (κ2) is 8.70. The molecule has 2 aromatic heterocycles. The van der Waals surface area contributed by atoms with E-state index in [4.69, 9.17) is 4.74 Å². The standard InChI is InChI=1S/C25H25N3O4/c1-4-5-6-9-17-12-13-21-19(14-17)24(30)27(16-23(29)32-3)25(31)28(21)22-15-26(2)20-11-8-7-10-18(20)22/h6-15H,4-5,16H2,1-3H3. The molecule has 7 heteroatoms. The number of rotatable bonds is 6. The van der Waals surface area contributed by atoms with Gasteiger partial charge in [-0.05, 0) is 30.2 Å². The second-order valence-corrected chi connectivity index (χ2v) is 7.70. The van der Waals surface area contributed by atoms with Gasteiger partial charge in [0.1, 0.15) is 6.54 Å². The number of esters is 1. The summed E-state index contributed by atoms with van der Waals surface area (Å²) in [6.07, 6.45) is 7.82. The van der Waals surface area contributed by atoms with Crippen molar-refractivity contribution in [2.75, 3.05) is 7.11 Å². The minimum atomic E-state index is -0.660. The first kappa shape index (κ1) is 21.4. The maximum absolute atomic E-state index is 13.5. The molecule has 0 amide bonds. The monoisotopic (exact) mass is 431 g/mol. The normalized spacial score (nSPS) is 11.6. The largest absolute Gasteiger partial charge is 0.468 e. The zero-order valence-corrected chi connectivity index (χ0v) is 18.4. The van der Waals surface area contributed by atoms with Gasteiger partial charge in [-0.1, -0.05) is 49.8 Å². The summed E-state index contributed by atoms with van der Waals surface area (Å²) < 4.78 is 9.10. The molecule has 32 heavy (non-hydrogen) atoms. The Bertz CT molecular complexity index is 1470. The molecule has 0 atom stereocenters. The van der Waals surface area contributed by atoms with Crippen molar-refractivity contribution < 1.29 is 9.53 Å². The molecule has 0 saturated carbocycles. The summed E-state index contributed by atoms with van der Waals surface area (Å²) in [6, 6.07) is 13.2. The summed E-state index contributed by atoms with van der Waals surface area (Å²) in [5.41, 5.74) is 1.84. The van der Waals surface area contributed by atoms with Crippen LogP contribution in [0, 0.1) is 0 Å². The summed E-state index contributed by atoms with van der Waals surface area (Å²) in [5.74, 6) is -0.660. The highest BCUT2D eigenvalue weighted by atomic mass is 16.5. The highest BCUT2D eigenvalue weighted by molar-refractivity contribution is 5.92. The molecule has 0 aliphatic rings. The summed E-state index contributed by atoms with van der Waals surface area (Å²) in [7, 11) is 3.13. The number of carbonyl (C=O) groups excluding carboxylic acids is 1. The highest BCUT2D eigenvalue weighted by Crippen LogP contribution is 2.25. The van der Waals surface area contributed by atoms with Crippen LogP contribution in [0.25, 0.3) is 33.6 Å². The number of carbonyl (C=O) groups is 1. The quantitative estimate of drug-likeness (QED) is 0.437. The Hall–Kier alpha value is -3.87. The predicted octanol–water partition coefficient (Wildman–Crippen LogP) is 3.63. The van der Waals surface area contributed by atoms with Crippen LogP contribution >= 0.6 is 0 Å². The highest BCUT2D eigenvalue weighted by Gasteiger charge is 2.19. The molecule has 4 rings (SSSR count). The van der Waals surface area contributed by atoms with Crippen LogP contribution in [0.15, 0.2) is 64.3 Å². The van der Waals surface area contributed by atoms with E-state index in [2.05, 4.69) is 13.0 Å². The van der Waals surface area contributed by atoms with Gasteiger partial charge in [0, 0.05) is 24.1 Å². The lowest BCUT2D eigenvalue weighted by Crippen LogP contribution is -2.41. The van der Waals surface area contributed by atoms with Gasteiger partial charge in [-0.15, -0.1) is 0 Å². The van der Waals surface area contributed by atoms with Crippen LogP contribution in [0.3, 0.4) is 0 Å². The van der Waals surface area contributed by atoms with Crippen molar-refractivity contribution in [2.45, 2.75) is 26.3 Å². The van der Waals surface area contributed by atoms with Crippen molar-refractivity contribution in [3.8, 4) is 5.69 Å². The molecular weight excluding hydrogens is 406 g/mol. The zero-order chi connectivity index (χ0) is 22.8. The van der Waals surface area contributed by atoms with Crippen molar-refractivity contribution in [3.05, 3.63) is 81.1 Å². The van der Waals surface area contributed by atoms with Crippen molar-refractivity contribution >= 4 is 33.9 Å². The molecule has 0 aliphatic carbocycles. The van der Waals surface area contributed by atoms with Crippen molar-refractivity contribution in [1.82, 2.24) is 13.7 Å². The summed E-state index contributed by atoms with van der Waals surface area (Å²) >= 11 is 0. The van der Waals surface area contributed by atoms with E-state index in [-0.39, 0.29) is 0 Å². The number of unbranched alkanes of at least 4 members (excludes halogenated alkanes) is 1. The molecule has 0 fully saturated rings. The zero-order valence-electron chi connectivity index (χ0n) is 18.4. The number of fused-ring (bicyclic) bond motifs is 2. The van der Waals surface area contributed by atoms with E-state index in [1.165, 1.54) is 11.7 Å². The van der Waals surface area contributed by atoms with Gasteiger partial charge in [-0.3, -0.25) is 14.2 Å². The molecule has 4 aromatic rings. The van der Waals surface area contributed by atoms with Gasteiger partial charge in [0.2, 0.25) is 0 Å². The molecule has 0 unspecified atom stereocenters. The van der Waals surface area contributed by atoms with Crippen molar-refractivity contribution in [2.24, 2.45) is 7.05 Å². The Kier molecular flexibility index (Phi) is 5.81. The number of aryl methyl sites for hydroxylation is 1. The number of hydrogen-bond donors (Lipinski definition) is 0. The third kappa shape index (κ3) is 3.66. The number of aromatic nitrogens is 3. The van der Waals surface area contributed by atoms with E-state index in [0.29, 0.717) is 16.6 Å². The Morgan fingerprint density at radius 1 is 1.06 bits per heavy atom. The van der Waals surface area contributed by atoms with Crippen LogP contribution in [0.5, 0.6) is 0 Å². The lowest BCUT2D eigenvalue weighted by atomic mass is 10.1. The van der Waals surface area contributed by atoms with E-state index in [0.717, 1.165) is 33.9 Å². The number of nitrogens with zero attached hydrogens (tertiary/aromatic N) is 3. The van der Waals surface area contributed by atoms with E-state index in [9.17, 15) is 14.4 Å². The lowest BCUT2D eigenvalue weighted by molar-refractivity contribution is -0.141. The third-order valence-corrected chi connectivity index (χ3v) is 5.56. The average Bonchev–Trinajstić information content (AvgIpc) is 3.13. The van der Waals surface area contributed by atoms with E-state index < -0.39 is 23.8 Å². The fraction of sp³-hybridized carbons (Fsp3) is 0.240. The smallest absolute Gasteiger partial charge is 0.336 e. The minimum absolute atomic E-state index is 0.361. The summed E-state index contributed by atoms with van der Waals surface area (Å²) in [6.45, 7) is 1.64. The van der Waals surface area contributed by atoms with Crippen LogP contribution < -0.4 is 11.2 Å². The number of hydrogen-bond acceptors (Lipinski definition) is 4. The molecule has 0 saturated heterocycles. The van der Waals surface area contributed by atoms with Crippen LogP contribution in [-0.2, 0) is 23.1 Å². The molecule has 7 nitrogen and oxygen atoms in total. The maximum Gasteiger partial charge on any atom is 0.336 e. The minimum Gasteiger partial charge on any atom is -0.468 e. The SMILES string of the molecule is CCCC=Cc1ccc2c(c1)c(=O)n(CC(=O)OC)c(=O)n2-c1cn(C)c2ccccc12. The van der Waals surface area contributed by atoms with Gasteiger partial charge >= 0.3 is 11.7 Å². The first-order valence-corrected chi connectivity index (χ1v) is 10.5. The van der Waals surface area contributed by atoms with Gasteiger partial charge < -0.3 is 9.30 Å². The van der Waals surface area contributed by atoms with Crippen molar-refractivity contribution in [3.63, 3.8) is 0 Å². The van der Waals surface area contributed by atoms with Gasteiger partial charge in [-0.2, -0.15) is 0 Å². The number of para-hydroxylation sites is 1. The first-order valence-electron chi connectivity index (χ1n) is 10.5. The van der Waals surface area contributed by atoms with Gasteiger partial charge in [0.05, 0.1) is 23.7 Å². The van der Waals surface area contributed by atoms with Crippen LogP contribution in [-0.4, -0.2) is 26.8 Å². The second-order valence-electron chi connectivity index (χ2n) is 7.70. The number of methoxy groups -OCH3 is 1. The number of ether oxygens (including phenoxy) is 1. The molecule has 2 heterocycles. The molecule has 0 N–H and O–H groups in total. The molecular formula is C25H25N3O4. The maximum atomic E-state index is 13.5. The molecule has 0 aliphatic heterocycles. The van der Waals surface area contributed by atoms with E-state index >= 15 is 0 Å². The molecule has 164 valence electrons. The average molecular weight is 431 g/mol. The van der Waals surface area contributed by atoms with Crippen molar-refractivity contribution in [1.29, 1.82) is 0 Å². The molecule has 0 spiro atoms. The Morgan fingerprint density at radius 2 is 1.84 bits per heavy atom. The fourth-order valence-corrected chi connectivity index (χ4v) is 3.93. The van der Waals surface area contributed by atoms with Crippen LogP contribution in [0.1, 0.15) is 25.3 Å². The molecule has 2 aromatic carbocycles. The number of benzene rings is 2. The van der Waals surface area contributed by atoms with Gasteiger partial charge in [0.25, 0.3) is 5.56 Å². The van der Waals surface area contributed by atoms with E-state index in [1.54, 1.807) is 12.1 Å². The Balaban J connectivity index is 2.07. The predicted molar refractivity (Wildman–Crippen MR) is 126 cm³/mol. The lowest BCUT2D eigenvalue weighted by Gasteiger charge is -2.13. The summed E-state index contributed by atoms with van der Waals surface area (Å²) in [5, 5.41) is 1.23. The van der Waals surface area contributed by atoms with Gasteiger partial charge in [-0.25, -0.2) is 9.36 Å². The Morgan fingerprint density at radius 3 is 2.59 bits per heavy atom.